The van der Waals surface area contributed by atoms with Gasteiger partial charge in [-0.3, -0.25) is 0 Å². The SMILES string of the molecule is Clc1cccc(Nc2nc3ccccc3nc2/C=C/c2cccs2)c1. The Morgan fingerprint density at radius 2 is 1.72 bits per heavy atom. The van der Waals surface area contributed by atoms with Crippen LogP contribution in [0.3, 0.4) is 0 Å². The quantitative estimate of drug-likeness (QED) is 0.465. The van der Waals surface area contributed by atoms with Gasteiger partial charge in [-0.1, -0.05) is 35.9 Å². The molecule has 0 radical (unpaired) electrons. The van der Waals surface area contributed by atoms with Crippen LogP contribution in [0.15, 0.2) is 66.0 Å². The lowest BCUT2D eigenvalue weighted by molar-refractivity contribution is 1.26. The molecule has 0 amide bonds. The van der Waals surface area contributed by atoms with Gasteiger partial charge >= 0.3 is 0 Å². The van der Waals surface area contributed by atoms with Crippen molar-refractivity contribution in [2.24, 2.45) is 0 Å². The molecule has 0 aliphatic rings. The second-order valence-electron chi connectivity index (χ2n) is 5.43. The van der Waals surface area contributed by atoms with Gasteiger partial charge in [0.25, 0.3) is 0 Å². The number of benzene rings is 2. The van der Waals surface area contributed by atoms with Gasteiger partial charge in [0.15, 0.2) is 5.82 Å². The molecule has 0 saturated heterocycles. The first-order chi connectivity index (χ1) is 12.3. The molecule has 0 aliphatic heterocycles. The molecule has 0 unspecified atom stereocenters. The number of para-hydroxylation sites is 2. The molecule has 3 nitrogen and oxygen atoms in total. The number of rotatable bonds is 4. The van der Waals surface area contributed by atoms with Crippen LogP contribution in [0.25, 0.3) is 23.2 Å². The average Bonchev–Trinajstić information content (AvgIpc) is 3.13. The number of anilines is 2. The first kappa shape index (κ1) is 15.8. The zero-order chi connectivity index (χ0) is 17.1. The molecule has 5 heteroatoms. The fourth-order valence-electron chi connectivity index (χ4n) is 2.47. The molecule has 0 bridgehead atoms. The predicted octanol–water partition coefficient (Wildman–Crippen LogP) is 6.26. The Labute approximate surface area is 154 Å². The van der Waals surface area contributed by atoms with Crippen molar-refractivity contribution in [2.45, 2.75) is 0 Å². The monoisotopic (exact) mass is 363 g/mol. The van der Waals surface area contributed by atoms with Crippen LogP contribution in [-0.2, 0) is 0 Å². The van der Waals surface area contributed by atoms with E-state index in [0.717, 1.165) is 22.4 Å². The summed E-state index contributed by atoms with van der Waals surface area (Å²) < 4.78 is 0. The van der Waals surface area contributed by atoms with Gasteiger partial charge in [-0.15, -0.1) is 11.3 Å². The lowest BCUT2D eigenvalue weighted by atomic mass is 10.2. The highest BCUT2D eigenvalue weighted by Crippen LogP contribution is 2.25. The molecule has 4 rings (SSSR count). The lowest BCUT2D eigenvalue weighted by Crippen LogP contribution is -1.99. The van der Waals surface area contributed by atoms with Crippen LogP contribution < -0.4 is 5.32 Å². The van der Waals surface area contributed by atoms with Crippen molar-refractivity contribution in [2.75, 3.05) is 5.32 Å². The van der Waals surface area contributed by atoms with Gasteiger partial charge in [0.2, 0.25) is 0 Å². The standard InChI is InChI=1S/C20H14ClN3S/c21-14-5-3-6-15(13-14)22-20-19(11-10-16-7-4-12-25-16)23-17-8-1-2-9-18(17)24-20/h1-13H,(H,22,24)/b11-10+. The van der Waals surface area contributed by atoms with Gasteiger partial charge in [0, 0.05) is 15.6 Å². The van der Waals surface area contributed by atoms with Crippen LogP contribution in [0, 0.1) is 0 Å². The third-order valence-corrected chi connectivity index (χ3v) is 4.71. The largest absolute Gasteiger partial charge is 0.338 e. The Morgan fingerprint density at radius 1 is 0.880 bits per heavy atom. The van der Waals surface area contributed by atoms with E-state index in [2.05, 4.69) is 16.8 Å². The molecule has 0 saturated carbocycles. The van der Waals surface area contributed by atoms with E-state index in [4.69, 9.17) is 21.6 Å². The van der Waals surface area contributed by atoms with Crippen molar-refractivity contribution in [1.82, 2.24) is 9.97 Å². The van der Waals surface area contributed by atoms with Crippen LogP contribution in [-0.4, -0.2) is 9.97 Å². The molecule has 0 fully saturated rings. The van der Waals surface area contributed by atoms with Crippen LogP contribution in [0.4, 0.5) is 11.5 Å². The van der Waals surface area contributed by atoms with Crippen molar-refractivity contribution >= 4 is 57.6 Å². The number of nitrogens with one attached hydrogen (secondary N) is 1. The predicted molar refractivity (Wildman–Crippen MR) is 108 cm³/mol. The fraction of sp³-hybridized carbons (Fsp3) is 0. The number of fused-ring (bicyclic) bond motifs is 1. The number of aromatic nitrogens is 2. The van der Waals surface area contributed by atoms with E-state index in [1.54, 1.807) is 11.3 Å². The summed E-state index contributed by atoms with van der Waals surface area (Å²) in [5.41, 5.74) is 3.38. The van der Waals surface area contributed by atoms with Gasteiger partial charge in [0.1, 0.15) is 5.69 Å². The van der Waals surface area contributed by atoms with Crippen LogP contribution in [0.1, 0.15) is 10.6 Å². The van der Waals surface area contributed by atoms with Crippen LogP contribution in [0.2, 0.25) is 5.02 Å². The maximum Gasteiger partial charge on any atom is 0.157 e. The molecular formula is C20H14ClN3S. The first-order valence-corrected chi connectivity index (χ1v) is 9.05. The molecular weight excluding hydrogens is 350 g/mol. The van der Waals surface area contributed by atoms with E-state index < -0.39 is 0 Å². The molecule has 2 aromatic heterocycles. The van der Waals surface area contributed by atoms with Gasteiger partial charge < -0.3 is 5.32 Å². The molecule has 0 atom stereocenters. The topological polar surface area (TPSA) is 37.8 Å². The molecule has 1 N–H and O–H groups in total. The summed E-state index contributed by atoms with van der Waals surface area (Å²) in [4.78, 5) is 10.7. The molecule has 0 aliphatic carbocycles. The van der Waals surface area contributed by atoms with Crippen molar-refractivity contribution < 1.29 is 0 Å². The molecule has 4 aromatic rings. The summed E-state index contributed by atoms with van der Waals surface area (Å²) in [7, 11) is 0. The second kappa shape index (κ2) is 7.05. The number of thiophene rings is 1. The van der Waals surface area contributed by atoms with E-state index in [1.165, 1.54) is 4.88 Å². The molecule has 25 heavy (non-hydrogen) atoms. The number of nitrogens with zero attached hydrogens (tertiary/aromatic N) is 2. The van der Waals surface area contributed by atoms with E-state index in [9.17, 15) is 0 Å². The molecule has 2 aromatic carbocycles. The molecule has 0 spiro atoms. The minimum atomic E-state index is 0.675. The molecule has 122 valence electrons. The zero-order valence-electron chi connectivity index (χ0n) is 13.2. The van der Waals surface area contributed by atoms with Crippen molar-refractivity contribution in [1.29, 1.82) is 0 Å². The zero-order valence-corrected chi connectivity index (χ0v) is 14.8. The Balaban J connectivity index is 1.78. The third-order valence-electron chi connectivity index (χ3n) is 3.63. The smallest absolute Gasteiger partial charge is 0.157 e. The average molecular weight is 364 g/mol. The molecule has 2 heterocycles. The summed E-state index contributed by atoms with van der Waals surface area (Å²) in [6, 6.07) is 19.5. The maximum absolute atomic E-state index is 6.09. The van der Waals surface area contributed by atoms with Gasteiger partial charge in [-0.05, 0) is 53.9 Å². The number of halogens is 1. The summed E-state index contributed by atoms with van der Waals surface area (Å²) in [6.07, 6.45) is 4.03. The summed E-state index contributed by atoms with van der Waals surface area (Å²) in [5.74, 6) is 0.703. The highest BCUT2D eigenvalue weighted by Gasteiger charge is 2.07. The number of hydrogen-bond acceptors (Lipinski definition) is 4. The maximum atomic E-state index is 6.09. The summed E-state index contributed by atoms with van der Waals surface area (Å²) in [5, 5.41) is 6.06. The lowest BCUT2D eigenvalue weighted by Gasteiger charge is -2.10. The normalized spacial score (nSPS) is 11.2. The van der Waals surface area contributed by atoms with Gasteiger partial charge in [-0.2, -0.15) is 0 Å². The summed E-state index contributed by atoms with van der Waals surface area (Å²) in [6.45, 7) is 0. The van der Waals surface area contributed by atoms with Crippen molar-refractivity contribution in [3.63, 3.8) is 0 Å². The Morgan fingerprint density at radius 3 is 2.48 bits per heavy atom. The number of hydrogen-bond donors (Lipinski definition) is 1. The van der Waals surface area contributed by atoms with E-state index in [0.29, 0.717) is 10.8 Å². The van der Waals surface area contributed by atoms with Gasteiger partial charge in [0.05, 0.1) is 11.0 Å². The second-order valence-corrected chi connectivity index (χ2v) is 6.85. The van der Waals surface area contributed by atoms with E-state index in [1.807, 2.05) is 66.7 Å². The third kappa shape index (κ3) is 3.71. The van der Waals surface area contributed by atoms with Crippen LogP contribution >= 0.6 is 22.9 Å². The first-order valence-electron chi connectivity index (χ1n) is 7.79. The summed E-state index contributed by atoms with van der Waals surface area (Å²) >= 11 is 7.77. The Hall–Kier alpha value is -2.69. The van der Waals surface area contributed by atoms with Crippen molar-refractivity contribution in [3.05, 3.63) is 81.6 Å². The Bertz CT molecular complexity index is 1040. The minimum Gasteiger partial charge on any atom is -0.338 e. The van der Waals surface area contributed by atoms with Crippen molar-refractivity contribution in [3.8, 4) is 0 Å². The van der Waals surface area contributed by atoms with E-state index in [-0.39, 0.29) is 0 Å². The highest BCUT2D eigenvalue weighted by molar-refractivity contribution is 7.10. The van der Waals surface area contributed by atoms with Crippen LogP contribution in [0.5, 0.6) is 0 Å². The van der Waals surface area contributed by atoms with E-state index >= 15 is 0 Å². The highest BCUT2D eigenvalue weighted by atomic mass is 35.5. The van der Waals surface area contributed by atoms with Gasteiger partial charge in [-0.25, -0.2) is 9.97 Å². The Kier molecular flexibility index (Phi) is 4.46. The fourth-order valence-corrected chi connectivity index (χ4v) is 3.28. The minimum absolute atomic E-state index is 0.675.